The van der Waals surface area contributed by atoms with Crippen LogP contribution in [-0.2, 0) is 16.1 Å². The van der Waals surface area contributed by atoms with Gasteiger partial charge in [0.1, 0.15) is 12.5 Å². The van der Waals surface area contributed by atoms with Crippen molar-refractivity contribution in [1.29, 1.82) is 0 Å². The van der Waals surface area contributed by atoms with E-state index in [1.807, 2.05) is 26.0 Å². The molecular weight excluding hydrogens is 388 g/mol. The third-order valence-electron chi connectivity index (χ3n) is 4.45. The highest BCUT2D eigenvalue weighted by atomic mass is 32.1. The number of nitrogens with one attached hydrogen (secondary N) is 1. The molecule has 0 atom stereocenters. The Kier molecular flexibility index (Phi) is 9.34. The molecule has 0 saturated heterocycles. The Labute approximate surface area is 176 Å². The van der Waals surface area contributed by atoms with Gasteiger partial charge >= 0.3 is 0 Å². The van der Waals surface area contributed by atoms with Gasteiger partial charge in [-0.3, -0.25) is 0 Å². The van der Waals surface area contributed by atoms with Gasteiger partial charge in [0.15, 0.2) is 5.82 Å². The smallest absolute Gasteiger partial charge is 0.174 e. The summed E-state index contributed by atoms with van der Waals surface area (Å²) in [7, 11) is 1.64. The molecule has 3 rings (SSSR count). The van der Waals surface area contributed by atoms with Crippen LogP contribution in [-0.4, -0.2) is 37.3 Å². The molecule has 1 aromatic carbocycles. The van der Waals surface area contributed by atoms with E-state index in [1.165, 1.54) is 21.6 Å². The number of aliphatic hydroxyl groups is 1. The molecule has 0 aliphatic carbocycles. The van der Waals surface area contributed by atoms with Gasteiger partial charge < -0.3 is 24.4 Å². The highest BCUT2D eigenvalue weighted by molar-refractivity contribution is 7.10. The van der Waals surface area contributed by atoms with E-state index < -0.39 is 0 Å². The number of anilines is 1. The molecule has 3 aromatic rings. The zero-order valence-electron chi connectivity index (χ0n) is 17.7. The largest absolute Gasteiger partial charge is 0.392 e. The van der Waals surface area contributed by atoms with Crippen LogP contribution in [0, 0.1) is 27.7 Å². The number of rotatable bonds is 8. The number of aromatic nitrogens is 1. The van der Waals surface area contributed by atoms with Gasteiger partial charge in [0, 0.05) is 17.6 Å². The number of aliphatic hydroxyl groups excluding tert-OH is 1. The van der Waals surface area contributed by atoms with Crippen molar-refractivity contribution in [2.45, 2.75) is 34.3 Å². The Hall–Kier alpha value is -2.19. The van der Waals surface area contributed by atoms with Gasteiger partial charge in [-0.1, -0.05) is 23.4 Å². The predicted octanol–water partition coefficient (Wildman–Crippen LogP) is 4.85. The highest BCUT2D eigenvalue weighted by Crippen LogP contribution is 2.28. The quantitative estimate of drug-likeness (QED) is 0.402. The van der Waals surface area contributed by atoms with Crippen LogP contribution in [0.2, 0.25) is 0 Å². The standard InChI is InChI=1S/C13H14OS.C9H16N2O3/c1-9-5-11(7-14)3-4-13(9)12-6-10(2)15-8-12;1-7-8(2)14-11-9(7)10-6-13-5-4-12-3/h3-6,8,14H,7H2,1-2H3;4-6H2,1-3H3,(H,10,11). The minimum absolute atomic E-state index is 0.115. The predicted molar refractivity (Wildman–Crippen MR) is 117 cm³/mol. The molecule has 2 aromatic heterocycles. The lowest BCUT2D eigenvalue weighted by molar-refractivity contribution is 0.0799. The minimum Gasteiger partial charge on any atom is -0.392 e. The Bertz CT molecular complexity index is 889. The molecule has 0 unspecified atom stereocenters. The second-order valence-corrected chi connectivity index (χ2v) is 7.80. The SMILES string of the molecule is COCCOCNc1noc(C)c1C.Cc1cc(-c2ccc(CO)cc2C)cs1. The van der Waals surface area contributed by atoms with Gasteiger partial charge in [0.2, 0.25) is 0 Å². The summed E-state index contributed by atoms with van der Waals surface area (Å²) in [5, 5.41) is 18.1. The zero-order valence-corrected chi connectivity index (χ0v) is 18.6. The molecule has 29 heavy (non-hydrogen) atoms. The minimum atomic E-state index is 0.115. The molecule has 0 amide bonds. The first kappa shape index (κ1) is 23.1. The molecule has 2 N–H and O–H groups in total. The summed E-state index contributed by atoms with van der Waals surface area (Å²) in [5.74, 6) is 1.56. The van der Waals surface area contributed by atoms with Gasteiger partial charge in [-0.05, 0) is 61.4 Å². The second-order valence-electron chi connectivity index (χ2n) is 6.69. The maximum absolute atomic E-state index is 9.03. The molecule has 2 heterocycles. The Morgan fingerprint density at radius 1 is 1.14 bits per heavy atom. The fraction of sp³-hybridized carbons (Fsp3) is 0.409. The number of nitrogens with zero attached hydrogens (tertiary/aromatic N) is 1. The normalized spacial score (nSPS) is 10.6. The Morgan fingerprint density at radius 2 is 1.93 bits per heavy atom. The number of thiophene rings is 1. The summed E-state index contributed by atoms with van der Waals surface area (Å²) >= 11 is 1.77. The lowest BCUT2D eigenvalue weighted by atomic mass is 10.0. The topological polar surface area (TPSA) is 76.8 Å². The molecule has 158 valence electrons. The second kappa shape index (κ2) is 11.7. The van der Waals surface area contributed by atoms with Crippen LogP contribution in [0.1, 0.15) is 27.3 Å². The van der Waals surface area contributed by atoms with Crippen molar-refractivity contribution in [1.82, 2.24) is 5.16 Å². The van der Waals surface area contributed by atoms with Crippen molar-refractivity contribution in [3.8, 4) is 11.1 Å². The van der Waals surface area contributed by atoms with Gasteiger partial charge in [0.05, 0.1) is 19.8 Å². The molecule has 0 radical (unpaired) electrons. The van der Waals surface area contributed by atoms with E-state index in [4.69, 9.17) is 19.1 Å². The van der Waals surface area contributed by atoms with Crippen molar-refractivity contribution in [2.75, 3.05) is 32.4 Å². The van der Waals surface area contributed by atoms with Crippen molar-refractivity contribution in [2.24, 2.45) is 0 Å². The molecule has 0 aliphatic heterocycles. The van der Waals surface area contributed by atoms with Crippen LogP contribution in [0.3, 0.4) is 0 Å². The van der Waals surface area contributed by atoms with E-state index in [0.29, 0.717) is 19.9 Å². The van der Waals surface area contributed by atoms with Crippen LogP contribution >= 0.6 is 11.3 Å². The first-order valence-corrected chi connectivity index (χ1v) is 10.3. The van der Waals surface area contributed by atoms with E-state index in [2.05, 4.69) is 41.8 Å². The van der Waals surface area contributed by atoms with E-state index in [9.17, 15) is 0 Å². The number of benzene rings is 1. The van der Waals surface area contributed by atoms with Crippen molar-refractivity contribution in [3.05, 3.63) is 57.0 Å². The average Bonchev–Trinajstić information content (AvgIpc) is 3.28. The van der Waals surface area contributed by atoms with Crippen LogP contribution in [0.4, 0.5) is 5.82 Å². The third-order valence-corrected chi connectivity index (χ3v) is 5.31. The monoisotopic (exact) mass is 418 g/mol. The lowest BCUT2D eigenvalue weighted by Gasteiger charge is -2.05. The number of methoxy groups -OCH3 is 1. The van der Waals surface area contributed by atoms with Gasteiger partial charge in [-0.15, -0.1) is 11.3 Å². The molecule has 0 aliphatic rings. The van der Waals surface area contributed by atoms with Crippen LogP contribution in [0.5, 0.6) is 0 Å². The number of ether oxygens (including phenoxy) is 2. The molecule has 0 bridgehead atoms. The molecule has 0 spiro atoms. The van der Waals surface area contributed by atoms with Crippen LogP contribution in [0.25, 0.3) is 11.1 Å². The molecule has 6 nitrogen and oxygen atoms in total. The van der Waals surface area contributed by atoms with E-state index in [-0.39, 0.29) is 6.61 Å². The summed E-state index contributed by atoms with van der Waals surface area (Å²) < 4.78 is 15.0. The number of aryl methyl sites for hydroxylation is 3. The summed E-state index contributed by atoms with van der Waals surface area (Å²) in [6.07, 6.45) is 0. The average molecular weight is 419 g/mol. The fourth-order valence-electron chi connectivity index (χ4n) is 2.65. The maximum atomic E-state index is 9.03. The molecular formula is C22H30N2O4S. The van der Waals surface area contributed by atoms with Gasteiger partial charge in [-0.2, -0.15) is 0 Å². The first-order valence-electron chi connectivity index (χ1n) is 9.45. The van der Waals surface area contributed by atoms with Crippen LogP contribution in [0.15, 0.2) is 34.2 Å². The van der Waals surface area contributed by atoms with Gasteiger partial charge in [-0.25, -0.2) is 0 Å². The highest BCUT2D eigenvalue weighted by Gasteiger charge is 2.06. The summed E-state index contributed by atoms with van der Waals surface area (Å²) in [5.41, 5.74) is 5.75. The molecule has 7 heteroatoms. The maximum Gasteiger partial charge on any atom is 0.174 e. The third kappa shape index (κ3) is 6.97. The van der Waals surface area contributed by atoms with Crippen molar-refractivity contribution in [3.63, 3.8) is 0 Å². The van der Waals surface area contributed by atoms with E-state index in [1.54, 1.807) is 18.4 Å². The fourth-order valence-corrected chi connectivity index (χ4v) is 3.35. The van der Waals surface area contributed by atoms with Gasteiger partial charge in [0.25, 0.3) is 0 Å². The van der Waals surface area contributed by atoms with E-state index >= 15 is 0 Å². The lowest BCUT2D eigenvalue weighted by Crippen LogP contribution is -2.10. The van der Waals surface area contributed by atoms with E-state index in [0.717, 1.165) is 22.7 Å². The summed E-state index contributed by atoms with van der Waals surface area (Å²) in [6, 6.07) is 8.31. The molecule has 0 fully saturated rings. The first-order chi connectivity index (χ1) is 14.0. The van der Waals surface area contributed by atoms with Crippen molar-refractivity contribution < 1.29 is 19.1 Å². The summed E-state index contributed by atoms with van der Waals surface area (Å²) in [6.45, 7) is 9.72. The number of hydrogen-bond donors (Lipinski definition) is 2. The Morgan fingerprint density at radius 3 is 2.48 bits per heavy atom. The van der Waals surface area contributed by atoms with Crippen molar-refractivity contribution >= 4 is 17.2 Å². The zero-order chi connectivity index (χ0) is 21.2. The number of hydrogen-bond acceptors (Lipinski definition) is 7. The Balaban J connectivity index is 0.000000208. The molecule has 0 saturated carbocycles. The summed E-state index contributed by atoms with van der Waals surface area (Å²) in [4.78, 5) is 1.33. The van der Waals surface area contributed by atoms with Crippen LogP contribution < -0.4 is 5.32 Å².